The van der Waals surface area contributed by atoms with Gasteiger partial charge in [-0.15, -0.1) is 0 Å². The van der Waals surface area contributed by atoms with Gasteiger partial charge >= 0.3 is 0 Å². The van der Waals surface area contributed by atoms with Crippen molar-refractivity contribution in [2.45, 2.75) is 13.1 Å². The maximum atomic E-state index is 13.8. The summed E-state index contributed by atoms with van der Waals surface area (Å²) in [6, 6.07) is 12.4. The highest BCUT2D eigenvalue weighted by Gasteiger charge is 2.09. The number of benzene rings is 2. The van der Waals surface area contributed by atoms with Crippen LogP contribution in [0.4, 0.5) is 8.78 Å². The van der Waals surface area contributed by atoms with Crippen LogP contribution < -0.4 is 5.32 Å². The third kappa shape index (κ3) is 4.53. The summed E-state index contributed by atoms with van der Waals surface area (Å²) in [5, 5.41) is 12.0. The van der Waals surface area contributed by atoms with Crippen LogP contribution in [0, 0.1) is 23.0 Å². The molecule has 124 valence electrons. The number of aliphatic imine (C=N–C) groups is 1. The summed E-state index contributed by atoms with van der Waals surface area (Å²) in [6.45, 7) is 0.739. The molecule has 2 rings (SSSR count). The van der Waals surface area contributed by atoms with Crippen LogP contribution in [0.25, 0.3) is 0 Å². The molecule has 4 nitrogen and oxygen atoms in total. The Morgan fingerprint density at radius 1 is 1.21 bits per heavy atom. The first kappa shape index (κ1) is 17.4. The Bertz CT molecular complexity index is 764. The number of hydrogen-bond acceptors (Lipinski definition) is 2. The fraction of sp³-hybridized carbons (Fsp3) is 0.222. The van der Waals surface area contributed by atoms with Gasteiger partial charge in [-0.1, -0.05) is 12.1 Å². The molecule has 0 saturated heterocycles. The second-order valence-corrected chi connectivity index (χ2v) is 5.30. The van der Waals surface area contributed by atoms with Crippen LogP contribution in [0.2, 0.25) is 0 Å². The highest BCUT2D eigenvalue weighted by molar-refractivity contribution is 5.79. The van der Waals surface area contributed by atoms with Crippen LogP contribution in [-0.2, 0) is 13.1 Å². The van der Waals surface area contributed by atoms with E-state index in [1.54, 1.807) is 19.2 Å². The third-order valence-electron chi connectivity index (χ3n) is 3.52. The molecule has 0 spiro atoms. The van der Waals surface area contributed by atoms with Gasteiger partial charge in [0, 0.05) is 32.7 Å². The molecule has 2 aromatic rings. The van der Waals surface area contributed by atoms with Crippen molar-refractivity contribution in [3.05, 3.63) is 70.8 Å². The molecule has 0 radical (unpaired) electrons. The highest BCUT2D eigenvalue weighted by Crippen LogP contribution is 2.10. The van der Waals surface area contributed by atoms with Gasteiger partial charge in [-0.2, -0.15) is 5.26 Å². The lowest BCUT2D eigenvalue weighted by atomic mass is 10.1. The van der Waals surface area contributed by atoms with Gasteiger partial charge in [0.25, 0.3) is 0 Å². The van der Waals surface area contributed by atoms with Crippen LogP contribution >= 0.6 is 0 Å². The lowest BCUT2D eigenvalue weighted by molar-refractivity contribution is 0.474. The van der Waals surface area contributed by atoms with Crippen molar-refractivity contribution in [2.24, 2.45) is 4.99 Å². The molecular weight excluding hydrogens is 310 g/mol. The zero-order valence-electron chi connectivity index (χ0n) is 13.6. The molecule has 6 heteroatoms. The number of rotatable bonds is 4. The zero-order chi connectivity index (χ0) is 17.5. The molecule has 0 amide bonds. The van der Waals surface area contributed by atoms with Crippen molar-refractivity contribution in [1.82, 2.24) is 10.2 Å². The molecule has 24 heavy (non-hydrogen) atoms. The third-order valence-corrected chi connectivity index (χ3v) is 3.52. The minimum Gasteiger partial charge on any atom is -0.352 e. The van der Waals surface area contributed by atoms with E-state index in [1.807, 2.05) is 18.0 Å². The van der Waals surface area contributed by atoms with Crippen molar-refractivity contribution in [3.8, 4) is 6.07 Å². The van der Waals surface area contributed by atoms with Crippen molar-refractivity contribution in [3.63, 3.8) is 0 Å². The minimum absolute atomic E-state index is 0.210. The van der Waals surface area contributed by atoms with E-state index in [2.05, 4.69) is 10.3 Å². The summed E-state index contributed by atoms with van der Waals surface area (Å²) in [5.41, 5.74) is 1.73. The Balaban J connectivity index is 2.02. The van der Waals surface area contributed by atoms with Gasteiger partial charge in [-0.3, -0.25) is 4.99 Å². The maximum Gasteiger partial charge on any atom is 0.193 e. The topological polar surface area (TPSA) is 51.4 Å². The summed E-state index contributed by atoms with van der Waals surface area (Å²) in [4.78, 5) is 6.01. The Morgan fingerprint density at radius 3 is 2.54 bits per heavy atom. The van der Waals surface area contributed by atoms with Crippen LogP contribution in [0.3, 0.4) is 0 Å². The Labute approximate surface area is 140 Å². The smallest absolute Gasteiger partial charge is 0.193 e. The molecule has 1 N–H and O–H groups in total. The summed E-state index contributed by atoms with van der Waals surface area (Å²) in [7, 11) is 3.46. The van der Waals surface area contributed by atoms with E-state index >= 15 is 0 Å². The van der Waals surface area contributed by atoms with Gasteiger partial charge < -0.3 is 10.2 Å². The lowest BCUT2D eigenvalue weighted by Crippen LogP contribution is -2.38. The maximum absolute atomic E-state index is 13.8. The number of halogens is 2. The number of guanidine groups is 1. The van der Waals surface area contributed by atoms with Crippen LogP contribution in [0.15, 0.2) is 47.5 Å². The number of nitriles is 1. The Kier molecular flexibility index (Phi) is 5.85. The average Bonchev–Trinajstić information content (AvgIpc) is 2.59. The minimum atomic E-state index is -0.377. The molecule has 0 heterocycles. The molecule has 0 atom stereocenters. The molecular formula is C18H18F2N4. The van der Waals surface area contributed by atoms with Crippen molar-refractivity contribution in [1.29, 1.82) is 5.26 Å². The lowest BCUT2D eigenvalue weighted by Gasteiger charge is -2.22. The van der Waals surface area contributed by atoms with Crippen LogP contribution in [-0.4, -0.2) is 25.0 Å². The molecule has 2 aromatic carbocycles. The second-order valence-electron chi connectivity index (χ2n) is 5.30. The Morgan fingerprint density at radius 2 is 1.92 bits per heavy atom. The van der Waals surface area contributed by atoms with Crippen LogP contribution in [0.1, 0.15) is 16.7 Å². The molecule has 0 unspecified atom stereocenters. The van der Waals surface area contributed by atoms with E-state index in [1.165, 1.54) is 30.3 Å². The van der Waals surface area contributed by atoms with Crippen molar-refractivity contribution < 1.29 is 8.78 Å². The van der Waals surface area contributed by atoms with Gasteiger partial charge in [0.2, 0.25) is 0 Å². The monoisotopic (exact) mass is 328 g/mol. The van der Waals surface area contributed by atoms with Gasteiger partial charge in [0.05, 0.1) is 11.6 Å². The quantitative estimate of drug-likeness (QED) is 0.693. The summed E-state index contributed by atoms with van der Waals surface area (Å²) in [5.74, 6) is -0.0870. The predicted molar refractivity (Wildman–Crippen MR) is 89.2 cm³/mol. The molecule has 0 aliphatic carbocycles. The van der Waals surface area contributed by atoms with E-state index in [0.29, 0.717) is 23.6 Å². The predicted octanol–water partition coefficient (Wildman–Crippen LogP) is 3.04. The van der Waals surface area contributed by atoms with E-state index in [9.17, 15) is 8.78 Å². The molecule has 0 aromatic heterocycles. The van der Waals surface area contributed by atoms with E-state index in [0.717, 1.165) is 5.56 Å². The van der Waals surface area contributed by atoms with E-state index in [-0.39, 0.29) is 18.2 Å². The standard InChI is InChI=1S/C18H18F2N4/c1-22-18(24(2)12-13-3-6-16(19)7-4-13)23-11-15-9-14(10-21)5-8-17(15)20/h3-9H,11-12H2,1-2H3,(H,22,23). The largest absolute Gasteiger partial charge is 0.352 e. The SMILES string of the molecule is CN=C(NCc1cc(C#N)ccc1F)N(C)Cc1ccc(F)cc1. The fourth-order valence-corrected chi connectivity index (χ4v) is 2.28. The first-order valence-electron chi connectivity index (χ1n) is 7.38. The normalized spacial score (nSPS) is 11.0. The molecule has 0 saturated carbocycles. The molecule has 0 aliphatic heterocycles. The van der Waals surface area contributed by atoms with Crippen LogP contribution in [0.5, 0.6) is 0 Å². The van der Waals surface area contributed by atoms with Crippen molar-refractivity contribution >= 4 is 5.96 Å². The summed E-state index contributed by atoms with van der Waals surface area (Å²) < 4.78 is 26.8. The van der Waals surface area contributed by atoms with Crippen molar-refractivity contribution in [2.75, 3.05) is 14.1 Å². The molecule has 0 fully saturated rings. The highest BCUT2D eigenvalue weighted by atomic mass is 19.1. The number of hydrogen-bond donors (Lipinski definition) is 1. The molecule has 0 bridgehead atoms. The Hall–Kier alpha value is -2.94. The number of nitrogens with one attached hydrogen (secondary N) is 1. The van der Waals surface area contributed by atoms with Gasteiger partial charge in [0.15, 0.2) is 5.96 Å². The van der Waals surface area contributed by atoms with Gasteiger partial charge in [-0.25, -0.2) is 8.78 Å². The first-order chi connectivity index (χ1) is 11.5. The van der Waals surface area contributed by atoms with E-state index in [4.69, 9.17) is 5.26 Å². The fourth-order valence-electron chi connectivity index (χ4n) is 2.28. The summed E-state index contributed by atoms with van der Waals surface area (Å²) >= 11 is 0. The second kappa shape index (κ2) is 8.06. The summed E-state index contributed by atoms with van der Waals surface area (Å²) in [6.07, 6.45) is 0. The average molecular weight is 328 g/mol. The van der Waals surface area contributed by atoms with E-state index < -0.39 is 0 Å². The first-order valence-corrected chi connectivity index (χ1v) is 7.38. The molecule has 0 aliphatic rings. The number of nitrogens with zero attached hydrogens (tertiary/aromatic N) is 3. The van der Waals surface area contributed by atoms with Gasteiger partial charge in [0.1, 0.15) is 11.6 Å². The zero-order valence-corrected chi connectivity index (χ0v) is 13.6. The van der Waals surface area contributed by atoms with Gasteiger partial charge in [-0.05, 0) is 35.9 Å².